The number of hydrogen-bond acceptors (Lipinski definition) is 3. The molecule has 2 heterocycles. The number of pyridine rings is 1. The van der Waals surface area contributed by atoms with Gasteiger partial charge in [-0.25, -0.2) is 0 Å². The Balaban J connectivity index is 1.93. The van der Waals surface area contributed by atoms with E-state index < -0.39 is 0 Å². The zero-order chi connectivity index (χ0) is 14.2. The molecule has 0 radical (unpaired) electrons. The highest BCUT2D eigenvalue weighted by Gasteiger charge is 2.25. The summed E-state index contributed by atoms with van der Waals surface area (Å²) in [6, 6.07) is 14.6. The molecule has 1 atom stereocenters. The third-order valence-corrected chi connectivity index (χ3v) is 4.05. The number of aromatic nitrogens is 1. The minimum atomic E-state index is 0.0871. The minimum absolute atomic E-state index is 0.0871. The molecule has 0 aliphatic carbocycles. The van der Waals surface area contributed by atoms with E-state index in [1.807, 2.05) is 18.5 Å². The Morgan fingerprint density at radius 1 is 1.05 bits per heavy atom. The largest absolute Gasteiger partial charge is 0.488 e. The van der Waals surface area contributed by atoms with E-state index in [2.05, 4.69) is 41.4 Å². The first-order valence-corrected chi connectivity index (χ1v) is 7.18. The van der Waals surface area contributed by atoms with Gasteiger partial charge in [0.05, 0.1) is 0 Å². The zero-order valence-electron chi connectivity index (χ0n) is 11.6. The third kappa shape index (κ3) is 1.98. The van der Waals surface area contributed by atoms with Crippen molar-refractivity contribution in [1.29, 1.82) is 0 Å². The molecule has 2 N–H and O–H groups in total. The number of fused-ring (bicyclic) bond motifs is 2. The number of ether oxygens (including phenoxy) is 1. The predicted molar refractivity (Wildman–Crippen MR) is 84.4 cm³/mol. The van der Waals surface area contributed by atoms with Crippen LogP contribution in [0.1, 0.15) is 5.56 Å². The predicted octanol–water partition coefficient (Wildman–Crippen LogP) is 3.16. The van der Waals surface area contributed by atoms with Gasteiger partial charge in [-0.05, 0) is 10.9 Å². The molecule has 1 aromatic heterocycles. The van der Waals surface area contributed by atoms with Crippen molar-refractivity contribution in [2.24, 2.45) is 5.73 Å². The monoisotopic (exact) mass is 276 g/mol. The first-order chi connectivity index (χ1) is 10.4. The van der Waals surface area contributed by atoms with E-state index >= 15 is 0 Å². The summed E-state index contributed by atoms with van der Waals surface area (Å²) in [7, 11) is 0. The van der Waals surface area contributed by atoms with Crippen molar-refractivity contribution in [2.75, 3.05) is 6.54 Å². The van der Waals surface area contributed by atoms with Crippen molar-refractivity contribution < 1.29 is 4.74 Å². The fourth-order valence-electron chi connectivity index (χ4n) is 3.01. The fraction of sp³-hybridized carbons (Fsp3) is 0.167. The lowest BCUT2D eigenvalue weighted by molar-refractivity contribution is 0.242. The molecule has 3 heteroatoms. The van der Waals surface area contributed by atoms with Crippen molar-refractivity contribution in [2.45, 2.75) is 12.5 Å². The second-order valence-electron chi connectivity index (χ2n) is 5.38. The summed E-state index contributed by atoms with van der Waals surface area (Å²) in [6.07, 6.45) is 4.78. The van der Waals surface area contributed by atoms with Gasteiger partial charge in [0, 0.05) is 41.9 Å². The molecule has 0 unspecified atom stereocenters. The maximum atomic E-state index is 6.04. The van der Waals surface area contributed by atoms with Crippen LogP contribution >= 0.6 is 0 Å². The van der Waals surface area contributed by atoms with Crippen LogP contribution < -0.4 is 10.5 Å². The molecule has 21 heavy (non-hydrogen) atoms. The Morgan fingerprint density at radius 2 is 1.95 bits per heavy atom. The van der Waals surface area contributed by atoms with Gasteiger partial charge in [0.15, 0.2) is 0 Å². The van der Waals surface area contributed by atoms with E-state index in [4.69, 9.17) is 10.5 Å². The van der Waals surface area contributed by atoms with Crippen molar-refractivity contribution in [3.8, 4) is 16.9 Å². The standard InChI is InChI=1S/C18H16N2O/c19-9-14-8-12-5-3-7-16(18(12)21-14)17-11-20-10-13-4-1-2-6-15(13)17/h1-7,10-11,14H,8-9,19H2/t14-/m0/s1. The van der Waals surface area contributed by atoms with Crippen LogP contribution in [0, 0.1) is 0 Å². The van der Waals surface area contributed by atoms with Crippen LogP contribution in [0.25, 0.3) is 21.9 Å². The summed E-state index contributed by atoms with van der Waals surface area (Å²) in [6.45, 7) is 0.544. The second kappa shape index (κ2) is 4.86. The van der Waals surface area contributed by atoms with Gasteiger partial charge in [-0.2, -0.15) is 0 Å². The first kappa shape index (κ1) is 12.4. The van der Waals surface area contributed by atoms with Crippen LogP contribution in [0.15, 0.2) is 54.9 Å². The van der Waals surface area contributed by atoms with Crippen molar-refractivity contribution in [1.82, 2.24) is 4.98 Å². The number of nitrogens with zero attached hydrogens (tertiary/aromatic N) is 1. The molecule has 3 aromatic rings. The van der Waals surface area contributed by atoms with Crippen LogP contribution in [-0.2, 0) is 6.42 Å². The summed E-state index contributed by atoms with van der Waals surface area (Å²) in [5, 5.41) is 2.33. The summed E-state index contributed by atoms with van der Waals surface area (Å²) >= 11 is 0. The Hall–Kier alpha value is -2.39. The molecule has 0 saturated carbocycles. The SMILES string of the molecule is NC[C@@H]1Cc2cccc(-c3cncc4ccccc34)c2O1. The Kier molecular flexibility index (Phi) is 2.86. The first-order valence-electron chi connectivity index (χ1n) is 7.18. The summed E-state index contributed by atoms with van der Waals surface area (Å²) in [4.78, 5) is 4.37. The van der Waals surface area contributed by atoms with Gasteiger partial charge in [-0.3, -0.25) is 4.98 Å². The molecule has 0 bridgehead atoms. The number of nitrogens with two attached hydrogens (primary N) is 1. The number of hydrogen-bond donors (Lipinski definition) is 1. The van der Waals surface area contributed by atoms with Crippen LogP contribution in [0.4, 0.5) is 0 Å². The summed E-state index contributed by atoms with van der Waals surface area (Å²) < 4.78 is 6.04. The van der Waals surface area contributed by atoms with Gasteiger partial charge >= 0.3 is 0 Å². The minimum Gasteiger partial charge on any atom is -0.488 e. The fourth-order valence-corrected chi connectivity index (χ4v) is 3.01. The van der Waals surface area contributed by atoms with Gasteiger partial charge < -0.3 is 10.5 Å². The van der Waals surface area contributed by atoms with Crippen LogP contribution in [0.3, 0.4) is 0 Å². The highest BCUT2D eigenvalue weighted by molar-refractivity contribution is 5.97. The Bertz CT molecular complexity index is 808. The van der Waals surface area contributed by atoms with E-state index in [1.165, 1.54) is 10.9 Å². The quantitative estimate of drug-likeness (QED) is 0.782. The topological polar surface area (TPSA) is 48.1 Å². The van der Waals surface area contributed by atoms with Crippen molar-refractivity contribution in [3.05, 3.63) is 60.4 Å². The van der Waals surface area contributed by atoms with Crippen LogP contribution in [0.2, 0.25) is 0 Å². The molecule has 0 saturated heterocycles. The van der Waals surface area contributed by atoms with Gasteiger partial charge in [0.1, 0.15) is 11.9 Å². The Morgan fingerprint density at radius 3 is 2.86 bits per heavy atom. The molecule has 1 aliphatic heterocycles. The normalized spacial score (nSPS) is 16.7. The molecule has 4 rings (SSSR count). The number of benzene rings is 2. The average molecular weight is 276 g/mol. The number of para-hydroxylation sites is 1. The molecule has 0 amide bonds. The van der Waals surface area contributed by atoms with Gasteiger partial charge in [-0.15, -0.1) is 0 Å². The van der Waals surface area contributed by atoms with Crippen LogP contribution in [0.5, 0.6) is 5.75 Å². The lowest BCUT2D eigenvalue weighted by Gasteiger charge is -2.12. The third-order valence-electron chi connectivity index (χ3n) is 4.05. The van der Waals surface area contributed by atoms with Gasteiger partial charge in [0.2, 0.25) is 0 Å². The van der Waals surface area contributed by atoms with E-state index in [1.54, 1.807) is 0 Å². The van der Waals surface area contributed by atoms with Crippen molar-refractivity contribution in [3.63, 3.8) is 0 Å². The molecule has 0 spiro atoms. The Labute approximate surface area is 123 Å². The van der Waals surface area contributed by atoms with E-state index in [0.717, 1.165) is 28.7 Å². The smallest absolute Gasteiger partial charge is 0.131 e. The highest BCUT2D eigenvalue weighted by atomic mass is 16.5. The lowest BCUT2D eigenvalue weighted by Crippen LogP contribution is -2.24. The van der Waals surface area contributed by atoms with Gasteiger partial charge in [0.25, 0.3) is 0 Å². The van der Waals surface area contributed by atoms with E-state index in [-0.39, 0.29) is 6.10 Å². The molecular weight excluding hydrogens is 260 g/mol. The molecule has 1 aliphatic rings. The summed E-state index contributed by atoms with van der Waals surface area (Å²) in [5.74, 6) is 0.964. The maximum absolute atomic E-state index is 6.04. The van der Waals surface area contributed by atoms with E-state index in [0.29, 0.717) is 6.54 Å². The molecular formula is C18H16N2O. The molecule has 104 valence electrons. The highest BCUT2D eigenvalue weighted by Crippen LogP contribution is 2.40. The zero-order valence-corrected chi connectivity index (χ0v) is 11.6. The second-order valence-corrected chi connectivity index (χ2v) is 5.38. The average Bonchev–Trinajstić information content (AvgIpc) is 2.97. The van der Waals surface area contributed by atoms with Gasteiger partial charge in [-0.1, -0.05) is 42.5 Å². The maximum Gasteiger partial charge on any atom is 0.131 e. The number of rotatable bonds is 2. The lowest BCUT2D eigenvalue weighted by atomic mass is 9.98. The molecule has 3 nitrogen and oxygen atoms in total. The van der Waals surface area contributed by atoms with Crippen LogP contribution in [-0.4, -0.2) is 17.6 Å². The van der Waals surface area contributed by atoms with Crippen molar-refractivity contribution >= 4 is 10.8 Å². The van der Waals surface area contributed by atoms with E-state index in [9.17, 15) is 0 Å². The molecule has 0 fully saturated rings. The summed E-state index contributed by atoms with van der Waals surface area (Å²) in [5.41, 5.74) is 9.21. The molecule has 2 aromatic carbocycles.